The van der Waals surface area contributed by atoms with Gasteiger partial charge >= 0.3 is 12.4 Å². The van der Waals surface area contributed by atoms with Crippen LogP contribution in [0.5, 0.6) is 0 Å². The SMILES string of the molecule is CC(CCCCCCCCC=C(C(F)(F)F)C(F)(F)F)OCc1ccccc1. The van der Waals surface area contributed by atoms with Crippen molar-refractivity contribution < 1.29 is 31.1 Å². The first-order valence-electron chi connectivity index (χ1n) is 9.61. The van der Waals surface area contributed by atoms with Crippen molar-refractivity contribution >= 4 is 0 Å². The van der Waals surface area contributed by atoms with Crippen LogP contribution in [0.15, 0.2) is 42.0 Å². The van der Waals surface area contributed by atoms with Gasteiger partial charge in [-0.15, -0.1) is 0 Å². The molecule has 0 amide bonds. The third-order valence-electron chi connectivity index (χ3n) is 4.40. The predicted octanol–water partition coefficient (Wildman–Crippen LogP) is 7.76. The minimum atomic E-state index is -5.35. The molecule has 1 rings (SSSR count). The number of halogens is 6. The molecule has 0 aliphatic rings. The number of unbranched alkanes of at least 4 members (excludes halogenated alkanes) is 6. The summed E-state index contributed by atoms with van der Waals surface area (Å²) in [4.78, 5) is 0. The molecule has 0 radical (unpaired) electrons. The largest absolute Gasteiger partial charge is 0.420 e. The number of hydrogen-bond donors (Lipinski definition) is 0. The van der Waals surface area contributed by atoms with Crippen LogP contribution in [0.1, 0.15) is 63.9 Å². The second kappa shape index (κ2) is 12.1. The molecule has 160 valence electrons. The van der Waals surface area contributed by atoms with Crippen molar-refractivity contribution in [3.8, 4) is 0 Å². The number of ether oxygens (including phenoxy) is 1. The van der Waals surface area contributed by atoms with E-state index in [1.165, 1.54) is 0 Å². The third-order valence-corrected chi connectivity index (χ3v) is 4.40. The molecule has 0 saturated heterocycles. The molecule has 1 unspecified atom stereocenters. The first-order chi connectivity index (χ1) is 13.1. The maximum Gasteiger partial charge on any atom is 0.420 e. The van der Waals surface area contributed by atoms with Crippen molar-refractivity contribution in [2.75, 3.05) is 0 Å². The fraction of sp³-hybridized carbons (Fsp3) is 0.619. The van der Waals surface area contributed by atoms with Crippen molar-refractivity contribution in [3.63, 3.8) is 0 Å². The molecule has 1 aromatic carbocycles. The smallest absolute Gasteiger partial charge is 0.374 e. The van der Waals surface area contributed by atoms with E-state index in [1.54, 1.807) is 0 Å². The first kappa shape index (κ1) is 24.5. The van der Waals surface area contributed by atoms with Gasteiger partial charge in [0.05, 0.1) is 12.7 Å². The van der Waals surface area contributed by atoms with Crippen molar-refractivity contribution in [1.29, 1.82) is 0 Å². The molecule has 0 aromatic heterocycles. The molecule has 0 spiro atoms. The highest BCUT2D eigenvalue weighted by atomic mass is 19.4. The minimum Gasteiger partial charge on any atom is -0.374 e. The van der Waals surface area contributed by atoms with Crippen LogP contribution in [-0.4, -0.2) is 18.5 Å². The standard InChI is InChI=1S/C21H28F6O/c1-17(28-16-18-13-9-7-10-14-18)12-8-5-3-2-4-6-11-15-19(20(22,23)24)21(25,26)27/h7,9-10,13-15,17H,2-6,8,11-12,16H2,1H3. The Labute approximate surface area is 162 Å². The summed E-state index contributed by atoms with van der Waals surface area (Å²) in [5.74, 6) is 0. The molecular weight excluding hydrogens is 382 g/mol. The van der Waals surface area contributed by atoms with E-state index in [1.807, 2.05) is 37.3 Å². The Morgan fingerprint density at radius 1 is 0.857 bits per heavy atom. The van der Waals surface area contributed by atoms with Gasteiger partial charge in [0.25, 0.3) is 0 Å². The Kier molecular flexibility index (Phi) is 10.6. The van der Waals surface area contributed by atoms with Crippen LogP contribution in [0, 0.1) is 0 Å². The second-order valence-corrected chi connectivity index (χ2v) is 6.92. The highest BCUT2D eigenvalue weighted by molar-refractivity contribution is 5.15. The minimum absolute atomic E-state index is 0.147. The summed E-state index contributed by atoms with van der Waals surface area (Å²) in [7, 11) is 0. The zero-order valence-electron chi connectivity index (χ0n) is 16.1. The van der Waals surface area contributed by atoms with Crippen LogP contribution in [0.25, 0.3) is 0 Å². The van der Waals surface area contributed by atoms with Crippen LogP contribution >= 0.6 is 0 Å². The summed E-state index contributed by atoms with van der Waals surface area (Å²) in [5, 5.41) is 0. The average Bonchev–Trinajstić information content (AvgIpc) is 2.60. The Morgan fingerprint density at radius 3 is 1.96 bits per heavy atom. The molecule has 0 fully saturated rings. The van der Waals surface area contributed by atoms with Gasteiger partial charge in [-0.1, -0.05) is 68.5 Å². The quantitative estimate of drug-likeness (QED) is 0.194. The molecule has 1 atom stereocenters. The van der Waals surface area contributed by atoms with Gasteiger partial charge in [-0.3, -0.25) is 0 Å². The van der Waals surface area contributed by atoms with Crippen molar-refractivity contribution in [2.45, 2.75) is 83.4 Å². The zero-order chi connectivity index (χ0) is 21.0. The predicted molar refractivity (Wildman–Crippen MR) is 97.8 cm³/mol. The molecule has 0 saturated carbocycles. The van der Waals surface area contributed by atoms with Crippen LogP contribution in [0.4, 0.5) is 26.3 Å². The van der Waals surface area contributed by atoms with Crippen LogP contribution in [0.2, 0.25) is 0 Å². The fourth-order valence-corrected chi connectivity index (χ4v) is 2.82. The average molecular weight is 410 g/mol. The van der Waals surface area contributed by atoms with Crippen LogP contribution in [0.3, 0.4) is 0 Å². The van der Waals surface area contributed by atoms with E-state index in [0.29, 0.717) is 19.4 Å². The number of allylic oxidation sites excluding steroid dienone is 2. The first-order valence-corrected chi connectivity index (χ1v) is 9.61. The zero-order valence-corrected chi connectivity index (χ0v) is 16.1. The molecule has 7 heteroatoms. The van der Waals surface area contributed by atoms with Gasteiger partial charge in [0.1, 0.15) is 5.57 Å². The molecule has 1 nitrogen and oxygen atoms in total. The van der Waals surface area contributed by atoms with E-state index in [0.717, 1.165) is 37.7 Å². The van der Waals surface area contributed by atoms with Crippen molar-refractivity contribution in [2.24, 2.45) is 0 Å². The number of alkyl halides is 6. The van der Waals surface area contributed by atoms with E-state index < -0.39 is 17.9 Å². The van der Waals surface area contributed by atoms with E-state index in [2.05, 4.69) is 0 Å². The summed E-state index contributed by atoms with van der Waals surface area (Å²) < 4.78 is 79.9. The number of hydrogen-bond acceptors (Lipinski definition) is 1. The molecule has 28 heavy (non-hydrogen) atoms. The highest BCUT2D eigenvalue weighted by Crippen LogP contribution is 2.38. The van der Waals surface area contributed by atoms with Crippen molar-refractivity contribution in [1.82, 2.24) is 0 Å². The maximum atomic E-state index is 12.3. The molecule has 0 bridgehead atoms. The lowest BCUT2D eigenvalue weighted by molar-refractivity contribution is -0.172. The van der Waals surface area contributed by atoms with Crippen molar-refractivity contribution in [3.05, 3.63) is 47.5 Å². The Hall–Kier alpha value is -1.50. The number of rotatable bonds is 12. The van der Waals surface area contributed by atoms with Gasteiger partial charge in [-0.05, 0) is 31.7 Å². The summed E-state index contributed by atoms with van der Waals surface area (Å²) >= 11 is 0. The lowest BCUT2D eigenvalue weighted by Crippen LogP contribution is -2.26. The molecule has 1 aromatic rings. The summed E-state index contributed by atoms with van der Waals surface area (Å²) in [6.07, 6.45) is -4.93. The monoisotopic (exact) mass is 410 g/mol. The van der Waals surface area contributed by atoms with E-state index in [4.69, 9.17) is 4.74 Å². The second-order valence-electron chi connectivity index (χ2n) is 6.92. The lowest BCUT2D eigenvalue weighted by atomic mass is 10.1. The van der Waals surface area contributed by atoms with E-state index >= 15 is 0 Å². The van der Waals surface area contributed by atoms with E-state index in [9.17, 15) is 26.3 Å². The fourth-order valence-electron chi connectivity index (χ4n) is 2.82. The van der Waals surface area contributed by atoms with Gasteiger partial charge in [-0.2, -0.15) is 26.3 Å². The number of benzene rings is 1. The van der Waals surface area contributed by atoms with Gasteiger partial charge in [-0.25, -0.2) is 0 Å². The molecule has 0 heterocycles. The molecule has 0 aliphatic carbocycles. The molecule has 0 N–H and O–H groups in total. The van der Waals surface area contributed by atoms with E-state index in [-0.39, 0.29) is 18.6 Å². The maximum absolute atomic E-state index is 12.3. The third kappa shape index (κ3) is 10.7. The summed E-state index contributed by atoms with van der Waals surface area (Å²) in [6.45, 7) is 2.60. The van der Waals surface area contributed by atoms with Gasteiger partial charge < -0.3 is 4.74 Å². The van der Waals surface area contributed by atoms with Gasteiger partial charge in [0.15, 0.2) is 0 Å². The topological polar surface area (TPSA) is 9.23 Å². The molecule has 0 aliphatic heterocycles. The van der Waals surface area contributed by atoms with Crippen LogP contribution in [-0.2, 0) is 11.3 Å². The Bertz CT molecular complexity index is 546. The Morgan fingerprint density at radius 2 is 1.39 bits per heavy atom. The lowest BCUT2D eigenvalue weighted by Gasteiger charge is -2.14. The van der Waals surface area contributed by atoms with Crippen LogP contribution < -0.4 is 0 Å². The summed E-state index contributed by atoms with van der Waals surface area (Å²) in [5.41, 5.74) is -1.27. The normalized spacial score (nSPS) is 13.4. The molecular formula is C21H28F6O. The van der Waals surface area contributed by atoms with Gasteiger partial charge in [0, 0.05) is 0 Å². The Balaban J connectivity index is 2.07. The highest BCUT2D eigenvalue weighted by Gasteiger charge is 2.50. The summed E-state index contributed by atoms with van der Waals surface area (Å²) in [6, 6.07) is 9.90. The van der Waals surface area contributed by atoms with Gasteiger partial charge in [0.2, 0.25) is 0 Å².